The Hall–Kier alpha value is -3.88. The van der Waals surface area contributed by atoms with Crippen molar-refractivity contribution in [1.29, 1.82) is 0 Å². The first kappa shape index (κ1) is 17.8. The van der Waals surface area contributed by atoms with E-state index >= 15 is 0 Å². The third-order valence-corrected chi connectivity index (χ3v) is 11.6. The summed E-state index contributed by atoms with van der Waals surface area (Å²) in [6.45, 7) is 0. The number of allylic oxidation sites excluding steroid dienone is 9. The van der Waals surface area contributed by atoms with Crippen molar-refractivity contribution in [3.63, 3.8) is 0 Å². The lowest BCUT2D eigenvalue weighted by molar-refractivity contribution is 1.17. The molecule has 0 radical (unpaired) electrons. The Morgan fingerprint density at radius 1 is 0.594 bits per heavy atom. The second kappa shape index (κ2) is 6.56. The predicted octanol–water partition coefficient (Wildman–Crippen LogP) is 5.54. The molecule has 0 fully saturated rings. The van der Waals surface area contributed by atoms with E-state index in [0.717, 1.165) is 0 Å². The van der Waals surface area contributed by atoms with E-state index in [-0.39, 0.29) is 0 Å². The largest absolute Gasteiger partial charge is 0.316 e. The van der Waals surface area contributed by atoms with Crippen LogP contribution in [0.3, 0.4) is 0 Å². The van der Waals surface area contributed by atoms with Gasteiger partial charge in [0, 0.05) is 17.3 Å². The Balaban J connectivity index is 1.70. The molecule has 0 saturated heterocycles. The second-order valence-electron chi connectivity index (χ2n) is 8.57. The number of fused-ring (bicyclic) bond motifs is 9. The summed E-state index contributed by atoms with van der Waals surface area (Å²) in [5, 5.41) is 4.41. The van der Waals surface area contributed by atoms with Gasteiger partial charge in [0.25, 0.3) is 0 Å². The quantitative estimate of drug-likeness (QED) is 0.465. The number of anilines is 1. The van der Waals surface area contributed by atoms with Gasteiger partial charge in [-0.1, -0.05) is 103 Å². The zero-order chi connectivity index (χ0) is 21.1. The summed E-state index contributed by atoms with van der Waals surface area (Å²) in [6.07, 6.45) is 15.6. The van der Waals surface area contributed by atoms with Crippen LogP contribution in [-0.4, -0.2) is 8.07 Å². The monoisotopic (exact) mass is 423 g/mol. The van der Waals surface area contributed by atoms with Crippen molar-refractivity contribution in [2.24, 2.45) is 0 Å². The molecule has 1 unspecified atom stereocenters. The van der Waals surface area contributed by atoms with E-state index in [0.29, 0.717) is 0 Å². The Morgan fingerprint density at radius 2 is 1.34 bits per heavy atom. The SMILES string of the molecule is C1=CC2=C3C(=C4C=CC=C[Si]4(c4ccccc4)c4ccccc43)c3ccccc3N2C=C1. The Labute approximate surface area is 189 Å². The number of hydrogen-bond acceptors (Lipinski definition) is 1. The van der Waals surface area contributed by atoms with Crippen LogP contribution < -0.4 is 15.3 Å². The summed E-state index contributed by atoms with van der Waals surface area (Å²) < 4.78 is 0. The summed E-state index contributed by atoms with van der Waals surface area (Å²) in [4.78, 5) is 2.35. The van der Waals surface area contributed by atoms with Gasteiger partial charge in [-0.05, 0) is 44.9 Å². The standard InChI is InChI=1S/C30H21NSi/c1-2-12-22(13-3-1)32-21-11-9-19-28(32)30-23-14-4-6-16-25(23)31-20-10-8-17-26(31)29(30)24-15-5-7-18-27(24)32/h1-21H. The topological polar surface area (TPSA) is 3.24 Å². The molecule has 0 amide bonds. The molecule has 1 nitrogen and oxygen atoms in total. The van der Waals surface area contributed by atoms with Gasteiger partial charge in [0.05, 0.1) is 11.4 Å². The van der Waals surface area contributed by atoms with Gasteiger partial charge in [-0.2, -0.15) is 0 Å². The Morgan fingerprint density at radius 3 is 2.25 bits per heavy atom. The maximum absolute atomic E-state index is 2.52. The zero-order valence-electron chi connectivity index (χ0n) is 17.6. The fourth-order valence-corrected chi connectivity index (χ4v) is 10.4. The molecule has 150 valence electrons. The average molecular weight is 424 g/mol. The third kappa shape index (κ3) is 2.17. The van der Waals surface area contributed by atoms with Crippen LogP contribution in [-0.2, 0) is 0 Å². The highest BCUT2D eigenvalue weighted by atomic mass is 28.3. The molecule has 32 heavy (non-hydrogen) atoms. The van der Waals surface area contributed by atoms with Crippen LogP contribution in [0.15, 0.2) is 138 Å². The highest BCUT2D eigenvalue weighted by Gasteiger charge is 2.48. The molecular weight excluding hydrogens is 402 g/mol. The minimum absolute atomic E-state index is 1.26. The highest BCUT2D eigenvalue weighted by Crippen LogP contribution is 2.51. The minimum Gasteiger partial charge on any atom is -0.316 e. The van der Waals surface area contributed by atoms with Crippen LogP contribution in [0, 0.1) is 0 Å². The fourth-order valence-electron chi connectivity index (χ4n) is 5.81. The molecular formula is C30H21NSi. The molecule has 0 N–H and O–H groups in total. The molecule has 4 heterocycles. The van der Waals surface area contributed by atoms with Crippen LogP contribution in [0.1, 0.15) is 11.1 Å². The third-order valence-electron chi connectivity index (χ3n) is 7.06. The van der Waals surface area contributed by atoms with E-state index in [9.17, 15) is 0 Å². The molecule has 0 aliphatic carbocycles. The second-order valence-corrected chi connectivity index (χ2v) is 12.2. The molecule has 3 aromatic carbocycles. The number of para-hydroxylation sites is 1. The predicted molar refractivity (Wildman–Crippen MR) is 137 cm³/mol. The van der Waals surface area contributed by atoms with Crippen LogP contribution in [0.25, 0.3) is 11.1 Å². The van der Waals surface area contributed by atoms with Gasteiger partial charge in [-0.15, -0.1) is 0 Å². The van der Waals surface area contributed by atoms with Crippen LogP contribution in [0.4, 0.5) is 5.69 Å². The van der Waals surface area contributed by atoms with E-state index in [1.165, 1.54) is 49.2 Å². The van der Waals surface area contributed by atoms with Crippen LogP contribution >= 0.6 is 0 Å². The minimum atomic E-state index is -2.31. The number of hydrogen-bond donors (Lipinski definition) is 0. The van der Waals surface area contributed by atoms with E-state index in [1.807, 2.05) is 0 Å². The normalized spacial score (nSPS) is 21.7. The van der Waals surface area contributed by atoms with Crippen molar-refractivity contribution < 1.29 is 0 Å². The lowest BCUT2D eigenvalue weighted by Crippen LogP contribution is -2.62. The molecule has 1 atom stereocenters. The zero-order valence-corrected chi connectivity index (χ0v) is 18.6. The fraction of sp³-hybridized carbons (Fsp3) is 0. The van der Waals surface area contributed by atoms with Crippen LogP contribution in [0.2, 0.25) is 0 Å². The van der Waals surface area contributed by atoms with E-state index in [2.05, 4.69) is 132 Å². The molecule has 7 rings (SSSR count). The van der Waals surface area contributed by atoms with Gasteiger partial charge in [-0.25, -0.2) is 0 Å². The van der Waals surface area contributed by atoms with Crippen LogP contribution in [0.5, 0.6) is 0 Å². The molecule has 0 aromatic heterocycles. The number of benzene rings is 3. The molecule has 4 aliphatic heterocycles. The first-order valence-electron chi connectivity index (χ1n) is 11.1. The summed E-state index contributed by atoms with van der Waals surface area (Å²) in [5.74, 6) is 0. The molecule has 2 heteroatoms. The maximum atomic E-state index is 2.52. The average Bonchev–Trinajstić information content (AvgIpc) is 2.89. The van der Waals surface area contributed by atoms with E-state index in [4.69, 9.17) is 0 Å². The van der Waals surface area contributed by atoms with Gasteiger partial charge < -0.3 is 4.90 Å². The smallest absolute Gasteiger partial charge is 0.173 e. The lowest BCUT2D eigenvalue weighted by Gasteiger charge is -2.45. The first-order chi connectivity index (χ1) is 15.9. The Kier molecular flexibility index (Phi) is 3.64. The Bertz CT molecular complexity index is 1470. The van der Waals surface area contributed by atoms with Gasteiger partial charge in [-0.3, -0.25) is 0 Å². The van der Waals surface area contributed by atoms with Gasteiger partial charge in [0.1, 0.15) is 0 Å². The van der Waals surface area contributed by atoms with Crippen molar-refractivity contribution >= 4 is 35.3 Å². The summed E-state index contributed by atoms with van der Waals surface area (Å²) >= 11 is 0. The number of rotatable bonds is 1. The number of nitrogens with zero attached hydrogens (tertiary/aromatic N) is 1. The van der Waals surface area contributed by atoms with Gasteiger partial charge in [0.15, 0.2) is 8.07 Å². The van der Waals surface area contributed by atoms with Crippen molar-refractivity contribution in [2.75, 3.05) is 4.90 Å². The van der Waals surface area contributed by atoms with E-state index < -0.39 is 8.07 Å². The van der Waals surface area contributed by atoms with E-state index in [1.54, 1.807) is 0 Å². The first-order valence-corrected chi connectivity index (χ1v) is 13.2. The van der Waals surface area contributed by atoms with Gasteiger partial charge >= 0.3 is 0 Å². The van der Waals surface area contributed by atoms with Crippen molar-refractivity contribution in [2.45, 2.75) is 0 Å². The molecule has 3 aromatic rings. The summed E-state index contributed by atoms with van der Waals surface area (Å²) in [6, 6.07) is 29.1. The van der Waals surface area contributed by atoms with Crippen molar-refractivity contribution in [1.82, 2.24) is 0 Å². The molecule has 0 saturated carbocycles. The highest BCUT2D eigenvalue weighted by molar-refractivity contribution is 7.13. The molecule has 0 spiro atoms. The summed E-state index contributed by atoms with van der Waals surface area (Å²) in [7, 11) is -2.31. The maximum Gasteiger partial charge on any atom is 0.173 e. The lowest BCUT2D eigenvalue weighted by atomic mass is 9.84. The van der Waals surface area contributed by atoms with Crippen molar-refractivity contribution in [3.05, 3.63) is 149 Å². The van der Waals surface area contributed by atoms with Gasteiger partial charge in [0.2, 0.25) is 0 Å². The molecule has 4 aliphatic rings. The van der Waals surface area contributed by atoms with Crippen molar-refractivity contribution in [3.8, 4) is 0 Å². The molecule has 0 bridgehead atoms. The summed E-state index contributed by atoms with van der Waals surface area (Å²) in [5.41, 5.74) is 10.5.